The van der Waals surface area contributed by atoms with Crippen LogP contribution in [0.25, 0.3) is 11.2 Å². The molecule has 0 radical (unpaired) electrons. The van der Waals surface area contributed by atoms with Gasteiger partial charge in [0.15, 0.2) is 11.2 Å². The van der Waals surface area contributed by atoms with Crippen LogP contribution in [0.3, 0.4) is 0 Å². The second kappa shape index (κ2) is 8.41. The first-order chi connectivity index (χ1) is 14.8. The fourth-order valence-corrected chi connectivity index (χ4v) is 3.39. The largest absolute Gasteiger partial charge is 0.329 e. The molecule has 0 spiro atoms. The van der Waals surface area contributed by atoms with Crippen molar-refractivity contribution in [1.29, 1.82) is 0 Å². The quantitative estimate of drug-likeness (QED) is 0.354. The second-order valence-corrected chi connectivity index (χ2v) is 7.83. The van der Waals surface area contributed by atoms with Crippen molar-refractivity contribution in [2.45, 2.75) is 13.5 Å². The van der Waals surface area contributed by atoms with Crippen molar-refractivity contribution in [1.82, 2.24) is 19.1 Å². The molecule has 0 saturated carbocycles. The number of anilines is 1. The monoisotopic (exact) mass is 456 g/mol. The first-order valence-electron chi connectivity index (χ1n) is 9.33. The minimum atomic E-state index is -0.541. The fourth-order valence-electron chi connectivity index (χ4n) is 3.14. The van der Waals surface area contributed by atoms with Crippen LogP contribution in [-0.4, -0.2) is 24.8 Å². The highest BCUT2D eigenvalue weighted by Crippen LogP contribution is 2.19. The molecule has 4 rings (SSSR count). The van der Waals surface area contributed by atoms with Crippen molar-refractivity contribution in [2.75, 3.05) is 5.43 Å². The van der Waals surface area contributed by atoms with E-state index in [0.717, 1.165) is 11.1 Å². The van der Waals surface area contributed by atoms with Gasteiger partial charge in [-0.1, -0.05) is 47.5 Å². The third-order valence-corrected chi connectivity index (χ3v) is 5.35. The van der Waals surface area contributed by atoms with Crippen LogP contribution >= 0.6 is 23.2 Å². The highest BCUT2D eigenvalue weighted by atomic mass is 35.5. The predicted molar refractivity (Wildman–Crippen MR) is 123 cm³/mol. The summed E-state index contributed by atoms with van der Waals surface area (Å²) < 4.78 is 2.96. The number of nitrogens with zero attached hydrogens (tertiary/aromatic N) is 4. The van der Waals surface area contributed by atoms with E-state index in [1.165, 1.54) is 4.57 Å². The van der Waals surface area contributed by atoms with Gasteiger partial charge in [0, 0.05) is 17.1 Å². The molecule has 0 aliphatic heterocycles. The summed E-state index contributed by atoms with van der Waals surface area (Å²) in [5, 5.41) is 5.65. The summed E-state index contributed by atoms with van der Waals surface area (Å²) in [6, 6.07) is 14.5. The molecule has 4 aromatic rings. The van der Waals surface area contributed by atoms with Gasteiger partial charge < -0.3 is 0 Å². The van der Waals surface area contributed by atoms with Crippen LogP contribution in [0.4, 0.5) is 5.95 Å². The van der Waals surface area contributed by atoms with Crippen LogP contribution in [0.5, 0.6) is 0 Å². The van der Waals surface area contributed by atoms with Gasteiger partial charge in [-0.2, -0.15) is 10.1 Å². The average Bonchev–Trinajstić information content (AvgIpc) is 3.11. The molecule has 0 bridgehead atoms. The molecular weight excluding hydrogens is 439 g/mol. The third kappa shape index (κ3) is 4.26. The van der Waals surface area contributed by atoms with Crippen LogP contribution in [0.1, 0.15) is 18.1 Å². The van der Waals surface area contributed by atoms with Crippen LogP contribution in [0.2, 0.25) is 10.0 Å². The van der Waals surface area contributed by atoms with Crippen molar-refractivity contribution in [3.05, 3.63) is 90.5 Å². The minimum absolute atomic E-state index is 0.254. The molecule has 0 fully saturated rings. The third-order valence-electron chi connectivity index (χ3n) is 4.85. The summed E-state index contributed by atoms with van der Waals surface area (Å²) in [5.74, 6) is 0.324. The first-order valence-corrected chi connectivity index (χ1v) is 10.1. The second-order valence-electron chi connectivity index (χ2n) is 6.95. The molecule has 0 unspecified atom stereocenters. The summed E-state index contributed by atoms with van der Waals surface area (Å²) >= 11 is 11.9. The Morgan fingerprint density at radius 1 is 1.06 bits per heavy atom. The van der Waals surface area contributed by atoms with E-state index in [1.807, 2.05) is 31.2 Å². The van der Waals surface area contributed by atoms with Gasteiger partial charge in [0.2, 0.25) is 5.95 Å². The van der Waals surface area contributed by atoms with Gasteiger partial charge in [0.25, 0.3) is 5.56 Å². The highest BCUT2D eigenvalue weighted by Gasteiger charge is 2.17. The van der Waals surface area contributed by atoms with E-state index in [-0.39, 0.29) is 11.2 Å². The minimum Gasteiger partial charge on any atom is -0.298 e. The fraction of sp³-hybridized carbons (Fsp3) is 0.143. The molecule has 2 heterocycles. The van der Waals surface area contributed by atoms with E-state index < -0.39 is 11.2 Å². The Bertz CT molecular complexity index is 1400. The molecule has 158 valence electrons. The smallest absolute Gasteiger partial charge is 0.298 e. The Kier molecular flexibility index (Phi) is 5.67. The van der Waals surface area contributed by atoms with Crippen molar-refractivity contribution in [3.63, 3.8) is 0 Å². The van der Waals surface area contributed by atoms with Crippen molar-refractivity contribution >= 4 is 46.0 Å². The number of aryl methyl sites for hydroxylation is 1. The van der Waals surface area contributed by atoms with Crippen molar-refractivity contribution < 1.29 is 0 Å². The molecule has 31 heavy (non-hydrogen) atoms. The normalized spacial score (nSPS) is 11.8. The molecule has 0 saturated heterocycles. The molecule has 0 aliphatic rings. The van der Waals surface area contributed by atoms with Gasteiger partial charge in [0.1, 0.15) is 0 Å². The molecular formula is C21H18Cl2N6O2. The first kappa shape index (κ1) is 20.9. The van der Waals surface area contributed by atoms with Gasteiger partial charge in [-0.25, -0.2) is 10.2 Å². The highest BCUT2D eigenvalue weighted by molar-refractivity contribution is 6.30. The van der Waals surface area contributed by atoms with Crippen LogP contribution in [0.15, 0.2) is 63.2 Å². The van der Waals surface area contributed by atoms with E-state index in [1.54, 1.807) is 35.9 Å². The Hall–Kier alpha value is -3.36. The van der Waals surface area contributed by atoms with E-state index in [4.69, 9.17) is 23.2 Å². The Balaban J connectivity index is 1.80. The Labute approximate surface area is 186 Å². The molecule has 2 aromatic heterocycles. The maximum atomic E-state index is 12.6. The standard InChI is InChI=1S/C21H18Cl2N6O2/c1-12(14-5-9-16(23)10-6-14)26-27-20-24-18-17(19(30)25-21(31)28(18)2)29(20)11-13-3-7-15(22)8-4-13/h3-10H,11H2,1-2H3,(H,24,27)(H,25,30,31)/b26-12-. The topological polar surface area (TPSA) is 97.1 Å². The summed E-state index contributed by atoms with van der Waals surface area (Å²) in [6.07, 6.45) is 0. The van der Waals surface area contributed by atoms with Crippen LogP contribution < -0.4 is 16.7 Å². The Morgan fingerprint density at radius 3 is 2.32 bits per heavy atom. The maximum Gasteiger partial charge on any atom is 0.329 e. The predicted octanol–water partition coefficient (Wildman–Crippen LogP) is 3.61. The number of rotatable bonds is 5. The zero-order valence-corrected chi connectivity index (χ0v) is 18.2. The van der Waals surface area contributed by atoms with Gasteiger partial charge in [-0.15, -0.1) is 0 Å². The molecule has 0 aliphatic carbocycles. The lowest BCUT2D eigenvalue weighted by Gasteiger charge is -2.09. The molecule has 2 aromatic carbocycles. The zero-order valence-electron chi connectivity index (χ0n) is 16.7. The van der Waals surface area contributed by atoms with Crippen LogP contribution in [0, 0.1) is 0 Å². The number of aromatic nitrogens is 4. The summed E-state index contributed by atoms with van der Waals surface area (Å²) in [4.78, 5) is 31.4. The lowest BCUT2D eigenvalue weighted by molar-refractivity contribution is 0.808. The number of halogens is 2. The SMILES string of the molecule is C/C(=N/Nc1nc2c(c(=O)[nH]c(=O)n2C)n1Cc1ccc(Cl)cc1)c1ccc(Cl)cc1. The number of nitrogens with one attached hydrogen (secondary N) is 2. The lowest BCUT2D eigenvalue weighted by Crippen LogP contribution is -2.29. The molecule has 8 nitrogen and oxygen atoms in total. The number of aromatic amines is 1. The average molecular weight is 457 g/mol. The summed E-state index contributed by atoms with van der Waals surface area (Å²) in [6.45, 7) is 2.16. The van der Waals surface area contributed by atoms with E-state index in [0.29, 0.717) is 28.3 Å². The van der Waals surface area contributed by atoms with Gasteiger partial charge in [-0.3, -0.25) is 18.9 Å². The number of hydrogen-bond donors (Lipinski definition) is 2. The summed E-state index contributed by atoms with van der Waals surface area (Å²) in [5.41, 5.74) is 4.87. The maximum absolute atomic E-state index is 12.6. The van der Waals surface area contributed by atoms with Crippen molar-refractivity contribution in [2.24, 2.45) is 12.1 Å². The van der Waals surface area contributed by atoms with E-state index in [2.05, 4.69) is 20.5 Å². The number of fused-ring (bicyclic) bond motifs is 1. The zero-order chi connectivity index (χ0) is 22.1. The van der Waals surface area contributed by atoms with Gasteiger partial charge in [0.05, 0.1) is 12.3 Å². The Morgan fingerprint density at radius 2 is 1.68 bits per heavy atom. The molecule has 0 atom stereocenters. The van der Waals surface area contributed by atoms with Crippen LogP contribution in [-0.2, 0) is 13.6 Å². The van der Waals surface area contributed by atoms with E-state index >= 15 is 0 Å². The van der Waals surface area contributed by atoms with E-state index in [9.17, 15) is 9.59 Å². The number of imidazole rings is 1. The molecule has 2 N–H and O–H groups in total. The number of benzene rings is 2. The van der Waals surface area contributed by atoms with Crippen molar-refractivity contribution in [3.8, 4) is 0 Å². The lowest BCUT2D eigenvalue weighted by atomic mass is 10.1. The van der Waals surface area contributed by atoms with Gasteiger partial charge >= 0.3 is 5.69 Å². The number of hydrogen-bond acceptors (Lipinski definition) is 5. The van der Waals surface area contributed by atoms with Gasteiger partial charge in [-0.05, 0) is 42.3 Å². The summed E-state index contributed by atoms with van der Waals surface area (Å²) in [7, 11) is 1.55. The number of hydrazone groups is 1. The molecule has 10 heteroatoms. The number of H-pyrrole nitrogens is 1. The molecule has 0 amide bonds.